The Hall–Kier alpha value is -2.83. The van der Waals surface area contributed by atoms with Crippen LogP contribution in [0.2, 0.25) is 0 Å². The summed E-state index contributed by atoms with van der Waals surface area (Å²) in [5, 5.41) is 11.4. The number of ether oxygens (including phenoxy) is 1. The predicted octanol–water partition coefficient (Wildman–Crippen LogP) is 3.44. The molecule has 0 saturated carbocycles. The zero-order valence-electron chi connectivity index (χ0n) is 17.0. The Kier molecular flexibility index (Phi) is 6.53. The molecule has 32 heavy (non-hydrogen) atoms. The number of thiophene rings is 2. The quantitative estimate of drug-likeness (QED) is 0.496. The third-order valence-electron chi connectivity index (χ3n) is 4.76. The van der Waals surface area contributed by atoms with E-state index < -0.39 is 32.7 Å². The summed E-state index contributed by atoms with van der Waals surface area (Å²) in [7, 11) is -2.90. The van der Waals surface area contributed by atoms with Crippen molar-refractivity contribution in [2.45, 2.75) is 30.9 Å². The summed E-state index contributed by atoms with van der Waals surface area (Å²) in [6, 6.07) is 3.76. The smallest absolute Gasteiger partial charge is 0.341 e. The first-order valence-corrected chi connectivity index (χ1v) is 13.0. The maximum Gasteiger partial charge on any atom is 0.341 e. The molecule has 0 aromatic carbocycles. The van der Waals surface area contributed by atoms with E-state index in [2.05, 4.69) is 15.5 Å². The number of sulfone groups is 1. The SMILES string of the molecule is COC(=O)c1c(NC(=O)CS(=O)(=O)c2nnc(C=Cc3cccs3)o2)sc2c1CCCC2. The van der Waals surface area contributed by atoms with Crippen LogP contribution in [0, 0.1) is 0 Å². The molecule has 1 N–H and O–H groups in total. The van der Waals surface area contributed by atoms with Gasteiger partial charge in [-0.25, -0.2) is 13.2 Å². The van der Waals surface area contributed by atoms with Gasteiger partial charge in [-0.05, 0) is 48.8 Å². The molecule has 1 aliphatic rings. The second-order valence-corrected chi connectivity index (χ2v) is 10.9. The van der Waals surface area contributed by atoms with Gasteiger partial charge in [0.1, 0.15) is 10.8 Å². The number of nitrogens with zero attached hydrogens (tertiary/aromatic N) is 2. The van der Waals surface area contributed by atoms with Gasteiger partial charge in [0.2, 0.25) is 21.6 Å². The fourth-order valence-electron chi connectivity index (χ4n) is 3.32. The van der Waals surface area contributed by atoms with Crippen LogP contribution < -0.4 is 5.32 Å². The number of esters is 1. The van der Waals surface area contributed by atoms with Crippen molar-refractivity contribution in [1.29, 1.82) is 0 Å². The molecule has 0 fully saturated rings. The molecule has 0 bridgehead atoms. The van der Waals surface area contributed by atoms with E-state index in [1.54, 1.807) is 6.08 Å². The lowest BCUT2D eigenvalue weighted by molar-refractivity contribution is -0.113. The number of anilines is 1. The number of rotatable bonds is 7. The Balaban J connectivity index is 1.48. The van der Waals surface area contributed by atoms with Gasteiger partial charge in [-0.3, -0.25) is 4.79 Å². The normalized spacial score (nSPS) is 13.8. The first-order chi connectivity index (χ1) is 15.4. The molecule has 3 aromatic heterocycles. The summed E-state index contributed by atoms with van der Waals surface area (Å²) in [6.07, 6.45) is 6.67. The van der Waals surface area contributed by atoms with Crippen molar-refractivity contribution in [1.82, 2.24) is 10.2 Å². The molecule has 1 amide bonds. The van der Waals surface area contributed by atoms with Gasteiger partial charge in [0, 0.05) is 15.8 Å². The number of carbonyl (C=O) groups excluding carboxylic acids is 2. The van der Waals surface area contributed by atoms with Gasteiger partial charge >= 0.3 is 11.2 Å². The molecule has 1 aliphatic carbocycles. The van der Waals surface area contributed by atoms with E-state index in [1.165, 1.54) is 35.9 Å². The van der Waals surface area contributed by atoms with Crippen molar-refractivity contribution in [3.63, 3.8) is 0 Å². The molecule has 0 unspecified atom stereocenters. The van der Waals surface area contributed by atoms with Gasteiger partial charge in [-0.2, -0.15) is 0 Å². The lowest BCUT2D eigenvalue weighted by atomic mass is 9.95. The van der Waals surface area contributed by atoms with Crippen LogP contribution in [-0.2, 0) is 32.2 Å². The minimum Gasteiger partial charge on any atom is -0.465 e. The standard InChI is InChI=1S/C20H19N3O6S3/c1-28-19(25)17-13-6-2-3-7-14(13)31-18(17)21-15(24)11-32(26,27)20-23-22-16(29-20)9-8-12-5-4-10-30-12/h4-5,8-10H,2-3,6-7,11H2,1H3,(H,21,24). The van der Waals surface area contributed by atoms with E-state index >= 15 is 0 Å². The van der Waals surface area contributed by atoms with Crippen molar-refractivity contribution in [2.24, 2.45) is 0 Å². The maximum absolute atomic E-state index is 12.6. The number of carbonyl (C=O) groups is 2. The van der Waals surface area contributed by atoms with E-state index in [0.29, 0.717) is 17.0 Å². The first-order valence-electron chi connectivity index (χ1n) is 9.68. The molecule has 12 heteroatoms. The second kappa shape index (κ2) is 9.35. The third kappa shape index (κ3) is 4.81. The van der Waals surface area contributed by atoms with E-state index in [9.17, 15) is 18.0 Å². The Morgan fingerprint density at radius 3 is 2.81 bits per heavy atom. The number of amides is 1. The second-order valence-electron chi connectivity index (χ2n) is 6.97. The zero-order valence-corrected chi connectivity index (χ0v) is 19.4. The third-order valence-corrected chi connectivity index (χ3v) is 8.14. The highest BCUT2D eigenvalue weighted by Crippen LogP contribution is 2.38. The monoisotopic (exact) mass is 493 g/mol. The molecular weight excluding hydrogens is 474 g/mol. The van der Waals surface area contributed by atoms with Gasteiger partial charge in [0.25, 0.3) is 0 Å². The minimum absolute atomic E-state index is 0.0105. The predicted molar refractivity (Wildman–Crippen MR) is 121 cm³/mol. The van der Waals surface area contributed by atoms with Crippen LogP contribution in [0.25, 0.3) is 12.2 Å². The number of nitrogens with one attached hydrogen (secondary N) is 1. The average molecular weight is 494 g/mol. The lowest BCUT2D eigenvalue weighted by Gasteiger charge is -2.11. The largest absolute Gasteiger partial charge is 0.465 e. The van der Waals surface area contributed by atoms with Crippen LogP contribution >= 0.6 is 22.7 Å². The highest BCUT2D eigenvalue weighted by atomic mass is 32.2. The number of fused-ring (bicyclic) bond motifs is 1. The van der Waals surface area contributed by atoms with Crippen molar-refractivity contribution >= 4 is 61.5 Å². The number of hydrogen-bond donors (Lipinski definition) is 1. The fraction of sp³-hybridized carbons (Fsp3) is 0.300. The lowest BCUT2D eigenvalue weighted by Crippen LogP contribution is -2.24. The summed E-state index contributed by atoms with van der Waals surface area (Å²) >= 11 is 2.78. The summed E-state index contributed by atoms with van der Waals surface area (Å²) in [4.78, 5) is 26.8. The molecule has 0 spiro atoms. The molecule has 9 nitrogen and oxygen atoms in total. The van der Waals surface area contributed by atoms with Crippen molar-refractivity contribution in [3.05, 3.63) is 44.3 Å². The average Bonchev–Trinajstić information content (AvgIpc) is 3.50. The Labute approximate surface area is 192 Å². The van der Waals surface area contributed by atoms with Gasteiger partial charge in [0.05, 0.1) is 12.7 Å². The van der Waals surface area contributed by atoms with Crippen LogP contribution in [0.5, 0.6) is 0 Å². The number of methoxy groups -OCH3 is 1. The van der Waals surface area contributed by atoms with E-state index in [-0.39, 0.29) is 5.89 Å². The maximum atomic E-state index is 12.6. The molecule has 0 saturated heterocycles. The van der Waals surface area contributed by atoms with E-state index in [0.717, 1.165) is 34.6 Å². The van der Waals surface area contributed by atoms with Gasteiger partial charge in [-0.1, -0.05) is 11.2 Å². The van der Waals surface area contributed by atoms with E-state index in [4.69, 9.17) is 9.15 Å². The molecular formula is C20H19N3O6S3. The van der Waals surface area contributed by atoms with Crippen molar-refractivity contribution in [2.75, 3.05) is 18.2 Å². The summed E-state index contributed by atoms with van der Waals surface area (Å²) in [6.45, 7) is 0. The van der Waals surface area contributed by atoms with Crippen LogP contribution in [0.4, 0.5) is 5.00 Å². The van der Waals surface area contributed by atoms with Crippen LogP contribution in [0.15, 0.2) is 27.2 Å². The molecule has 168 valence electrons. The number of aromatic nitrogens is 2. The number of hydrogen-bond acceptors (Lipinski definition) is 10. The highest BCUT2D eigenvalue weighted by molar-refractivity contribution is 7.91. The molecule has 0 aliphatic heterocycles. The number of aryl methyl sites for hydroxylation is 1. The molecule has 4 rings (SSSR count). The van der Waals surface area contributed by atoms with Gasteiger partial charge in [-0.15, -0.1) is 27.8 Å². The van der Waals surface area contributed by atoms with Crippen LogP contribution in [-0.4, -0.2) is 43.4 Å². The van der Waals surface area contributed by atoms with Gasteiger partial charge < -0.3 is 14.5 Å². The topological polar surface area (TPSA) is 128 Å². The Morgan fingerprint density at radius 1 is 1.25 bits per heavy atom. The molecule has 0 radical (unpaired) electrons. The highest BCUT2D eigenvalue weighted by Gasteiger charge is 2.30. The van der Waals surface area contributed by atoms with Crippen LogP contribution in [0.1, 0.15) is 44.4 Å². The van der Waals surface area contributed by atoms with Gasteiger partial charge in [0.15, 0.2) is 0 Å². The zero-order chi connectivity index (χ0) is 22.7. The first kappa shape index (κ1) is 22.4. The van der Waals surface area contributed by atoms with Crippen LogP contribution in [0.3, 0.4) is 0 Å². The van der Waals surface area contributed by atoms with Crippen molar-refractivity contribution < 1.29 is 27.2 Å². The fourth-order valence-corrected chi connectivity index (χ4v) is 6.15. The molecule has 3 aromatic rings. The summed E-state index contributed by atoms with van der Waals surface area (Å²) < 4.78 is 35.2. The Morgan fingerprint density at radius 2 is 2.06 bits per heavy atom. The molecule has 3 heterocycles. The van der Waals surface area contributed by atoms with Crippen molar-refractivity contribution in [3.8, 4) is 0 Å². The molecule has 0 atom stereocenters. The Bertz CT molecular complexity index is 1270. The van der Waals surface area contributed by atoms with E-state index in [1.807, 2.05) is 17.5 Å². The minimum atomic E-state index is -4.17. The summed E-state index contributed by atoms with van der Waals surface area (Å²) in [5.74, 6) is -2.24. The summed E-state index contributed by atoms with van der Waals surface area (Å²) in [5.41, 5.74) is 1.17.